The van der Waals surface area contributed by atoms with Crippen LogP contribution in [0.1, 0.15) is 55.8 Å². The predicted octanol–water partition coefficient (Wildman–Crippen LogP) is 2.48. The van der Waals surface area contributed by atoms with Gasteiger partial charge in [0, 0.05) is 44.0 Å². The molecule has 2 heterocycles. The zero-order valence-corrected chi connectivity index (χ0v) is 17.6. The molecule has 1 unspecified atom stereocenters. The molecule has 2 fully saturated rings. The number of nitrogens with one attached hydrogen (secondary N) is 2. The molecular formula is C22H31N3O5. The molecule has 30 heavy (non-hydrogen) atoms. The van der Waals surface area contributed by atoms with Crippen LogP contribution < -0.4 is 15.5 Å². The minimum Gasteiger partial charge on any atom is -0.466 e. The molecule has 1 aromatic rings. The highest BCUT2D eigenvalue weighted by molar-refractivity contribution is 6.02. The van der Waals surface area contributed by atoms with Crippen LogP contribution in [0.4, 0.5) is 11.4 Å². The summed E-state index contributed by atoms with van der Waals surface area (Å²) in [5.74, 6) is -0.857. The molecule has 164 valence electrons. The smallest absolute Gasteiger partial charge is 0.306 e. The Kier molecular flexibility index (Phi) is 8.07. The second-order valence-electron chi connectivity index (χ2n) is 7.62. The van der Waals surface area contributed by atoms with Crippen LogP contribution in [0, 0.1) is 0 Å². The molecular weight excluding hydrogens is 386 g/mol. The number of hydrogen-bond acceptors (Lipinski definition) is 6. The summed E-state index contributed by atoms with van der Waals surface area (Å²) in [7, 11) is 0. The fourth-order valence-electron chi connectivity index (χ4n) is 3.81. The highest BCUT2D eigenvalue weighted by Gasteiger charge is 2.22. The number of amides is 2. The molecule has 2 N–H and O–H groups in total. The van der Waals surface area contributed by atoms with E-state index < -0.39 is 5.97 Å². The third-order valence-electron chi connectivity index (χ3n) is 5.35. The fraction of sp³-hybridized carbons (Fsp3) is 0.591. The molecule has 8 nitrogen and oxygen atoms in total. The van der Waals surface area contributed by atoms with E-state index in [2.05, 4.69) is 15.5 Å². The minimum absolute atomic E-state index is 0.0280. The molecule has 0 spiro atoms. The van der Waals surface area contributed by atoms with Crippen molar-refractivity contribution in [2.45, 2.75) is 51.6 Å². The van der Waals surface area contributed by atoms with E-state index in [0.717, 1.165) is 51.1 Å². The van der Waals surface area contributed by atoms with Crippen LogP contribution in [0.5, 0.6) is 0 Å². The van der Waals surface area contributed by atoms with Crippen LogP contribution in [0.3, 0.4) is 0 Å². The minimum atomic E-state index is -0.397. The Labute approximate surface area is 177 Å². The number of ether oxygens (including phenoxy) is 2. The highest BCUT2D eigenvalue weighted by atomic mass is 16.5. The molecule has 3 rings (SSSR count). The first kappa shape index (κ1) is 22.1. The monoisotopic (exact) mass is 417 g/mol. The van der Waals surface area contributed by atoms with Crippen molar-refractivity contribution in [3.63, 3.8) is 0 Å². The predicted molar refractivity (Wildman–Crippen MR) is 114 cm³/mol. The van der Waals surface area contributed by atoms with E-state index in [1.54, 1.807) is 19.1 Å². The fourth-order valence-corrected chi connectivity index (χ4v) is 3.81. The van der Waals surface area contributed by atoms with Crippen molar-refractivity contribution in [2.75, 3.05) is 43.1 Å². The molecule has 2 saturated heterocycles. The van der Waals surface area contributed by atoms with Gasteiger partial charge in [-0.05, 0) is 50.8 Å². The van der Waals surface area contributed by atoms with Gasteiger partial charge >= 0.3 is 5.97 Å². The van der Waals surface area contributed by atoms with E-state index in [1.807, 2.05) is 6.07 Å². The maximum Gasteiger partial charge on any atom is 0.306 e. The topological polar surface area (TPSA) is 97.0 Å². The summed E-state index contributed by atoms with van der Waals surface area (Å²) in [5, 5.41) is 5.75. The van der Waals surface area contributed by atoms with Gasteiger partial charge in [-0.15, -0.1) is 0 Å². The number of hydrogen-bond donors (Lipinski definition) is 2. The van der Waals surface area contributed by atoms with E-state index in [1.165, 1.54) is 0 Å². The number of carbonyl (C=O) groups is 3. The highest BCUT2D eigenvalue weighted by Crippen LogP contribution is 2.28. The van der Waals surface area contributed by atoms with Crippen molar-refractivity contribution >= 4 is 29.2 Å². The van der Waals surface area contributed by atoms with Crippen LogP contribution in [-0.2, 0) is 19.1 Å². The summed E-state index contributed by atoms with van der Waals surface area (Å²) in [4.78, 5) is 38.8. The molecule has 0 radical (unpaired) electrons. The maximum absolute atomic E-state index is 12.9. The Balaban J connectivity index is 1.67. The molecule has 0 aliphatic carbocycles. The molecule has 0 saturated carbocycles. The van der Waals surface area contributed by atoms with Crippen molar-refractivity contribution in [1.29, 1.82) is 0 Å². The molecule has 2 aliphatic heterocycles. The van der Waals surface area contributed by atoms with Gasteiger partial charge < -0.3 is 25.0 Å². The summed E-state index contributed by atoms with van der Waals surface area (Å²) in [6, 6.07) is 5.39. The third kappa shape index (κ3) is 6.19. The molecule has 1 atom stereocenters. The number of nitrogens with zero attached hydrogens (tertiary/aromatic N) is 1. The molecule has 8 heteroatoms. The van der Waals surface area contributed by atoms with Crippen LogP contribution in [0.25, 0.3) is 0 Å². The maximum atomic E-state index is 12.9. The van der Waals surface area contributed by atoms with Crippen LogP contribution in [0.15, 0.2) is 18.2 Å². The molecule has 2 amide bonds. The van der Waals surface area contributed by atoms with Crippen molar-refractivity contribution in [3.05, 3.63) is 23.8 Å². The molecule has 2 aliphatic rings. The third-order valence-corrected chi connectivity index (χ3v) is 5.35. The summed E-state index contributed by atoms with van der Waals surface area (Å²) >= 11 is 0. The first-order valence-corrected chi connectivity index (χ1v) is 10.8. The lowest BCUT2D eigenvalue weighted by Crippen LogP contribution is -2.33. The number of esters is 1. The van der Waals surface area contributed by atoms with Crippen molar-refractivity contribution in [3.8, 4) is 0 Å². The van der Waals surface area contributed by atoms with Gasteiger partial charge in [0.05, 0.1) is 24.7 Å². The first-order valence-electron chi connectivity index (χ1n) is 10.8. The first-order chi connectivity index (χ1) is 14.6. The van der Waals surface area contributed by atoms with Gasteiger partial charge in [0.15, 0.2) is 0 Å². The lowest BCUT2D eigenvalue weighted by atomic mass is 10.1. The Hall–Kier alpha value is -2.61. The Morgan fingerprint density at radius 2 is 1.97 bits per heavy atom. The number of anilines is 2. The normalized spacial score (nSPS) is 18.3. The Bertz CT molecular complexity index is 755. The zero-order chi connectivity index (χ0) is 21.3. The average molecular weight is 418 g/mol. The Morgan fingerprint density at radius 3 is 2.67 bits per heavy atom. The number of rotatable bonds is 9. The molecule has 0 aromatic heterocycles. The second-order valence-corrected chi connectivity index (χ2v) is 7.62. The second kappa shape index (κ2) is 11.0. The summed E-state index contributed by atoms with van der Waals surface area (Å²) in [6.45, 7) is 5.07. The average Bonchev–Trinajstić information content (AvgIpc) is 3.45. The van der Waals surface area contributed by atoms with Gasteiger partial charge in [-0.25, -0.2) is 0 Å². The van der Waals surface area contributed by atoms with Gasteiger partial charge in [0.1, 0.15) is 0 Å². The summed E-state index contributed by atoms with van der Waals surface area (Å²) in [5.41, 5.74) is 1.95. The SMILES string of the molecule is CCOC(=O)CCC(=O)Nc1ccc(N2CCCC2)c(C(=O)NCC2CCCO2)c1. The lowest BCUT2D eigenvalue weighted by molar-refractivity contribution is -0.144. The van der Waals surface area contributed by atoms with Gasteiger partial charge in [0.25, 0.3) is 5.91 Å². The standard InChI is InChI=1S/C22H31N3O5/c1-2-29-21(27)10-9-20(26)24-16-7-8-19(25-11-3-4-12-25)18(14-16)22(28)23-15-17-6-5-13-30-17/h7-8,14,17H,2-6,9-13,15H2,1H3,(H,23,28)(H,24,26). The molecule has 1 aromatic carbocycles. The quantitative estimate of drug-likeness (QED) is 0.599. The van der Waals surface area contributed by atoms with Gasteiger partial charge in [-0.2, -0.15) is 0 Å². The number of benzene rings is 1. The summed E-state index contributed by atoms with van der Waals surface area (Å²) < 4.78 is 10.4. The van der Waals surface area contributed by atoms with E-state index in [4.69, 9.17) is 9.47 Å². The van der Waals surface area contributed by atoms with Crippen molar-refractivity contribution < 1.29 is 23.9 Å². The van der Waals surface area contributed by atoms with E-state index in [-0.39, 0.29) is 30.8 Å². The summed E-state index contributed by atoms with van der Waals surface area (Å²) in [6.07, 6.45) is 4.30. The van der Waals surface area contributed by atoms with Crippen molar-refractivity contribution in [2.24, 2.45) is 0 Å². The number of carbonyl (C=O) groups excluding carboxylic acids is 3. The lowest BCUT2D eigenvalue weighted by Gasteiger charge is -2.22. The van der Waals surface area contributed by atoms with Crippen LogP contribution >= 0.6 is 0 Å². The van der Waals surface area contributed by atoms with E-state index in [9.17, 15) is 14.4 Å². The van der Waals surface area contributed by atoms with Crippen LogP contribution in [0.2, 0.25) is 0 Å². The van der Waals surface area contributed by atoms with Crippen LogP contribution in [-0.4, -0.2) is 56.7 Å². The van der Waals surface area contributed by atoms with Gasteiger partial charge in [-0.3, -0.25) is 14.4 Å². The van der Waals surface area contributed by atoms with E-state index >= 15 is 0 Å². The Morgan fingerprint density at radius 1 is 1.17 bits per heavy atom. The largest absolute Gasteiger partial charge is 0.466 e. The van der Waals surface area contributed by atoms with Gasteiger partial charge in [-0.1, -0.05) is 0 Å². The van der Waals surface area contributed by atoms with Gasteiger partial charge in [0.2, 0.25) is 5.91 Å². The zero-order valence-electron chi connectivity index (χ0n) is 17.6. The molecule has 0 bridgehead atoms. The van der Waals surface area contributed by atoms with Crippen molar-refractivity contribution in [1.82, 2.24) is 5.32 Å². The van der Waals surface area contributed by atoms with E-state index in [0.29, 0.717) is 24.4 Å².